The first-order chi connectivity index (χ1) is 18.0. The molecule has 1 unspecified atom stereocenters. The monoisotopic (exact) mass is 528 g/mol. The number of aliphatic hydroxyl groups is 5. The molecule has 12 heteroatoms. The molecule has 1 saturated heterocycles. The largest absolute Gasteiger partial charge is 0.459 e. The lowest BCUT2D eigenvalue weighted by molar-refractivity contribution is -0.374. The Balaban J connectivity index is 1.68. The van der Waals surface area contributed by atoms with E-state index in [1.165, 1.54) is 17.8 Å². The minimum Gasteiger partial charge on any atom is -0.459 e. The van der Waals surface area contributed by atoms with Gasteiger partial charge in [-0.25, -0.2) is 4.68 Å². The minimum absolute atomic E-state index is 0.206. The Morgan fingerprint density at radius 3 is 2.55 bits per heavy atom. The number of nitrogens with one attached hydrogen (secondary N) is 1. The SMILES string of the molecule is CNC(=O)c1cccc(-c2ccc(OC3(C)O[C@H](CO)[C@@H](O)[C@H](O)[C@@]3(O)Cn3cc(CO)nn3)c(C)c2)c1. The molecule has 2 heterocycles. The predicted molar refractivity (Wildman–Crippen MR) is 134 cm³/mol. The zero-order valence-electron chi connectivity index (χ0n) is 21.3. The maximum Gasteiger partial charge on any atom is 0.251 e. The Kier molecular flexibility index (Phi) is 7.83. The summed E-state index contributed by atoms with van der Waals surface area (Å²) < 4.78 is 13.2. The average Bonchev–Trinajstić information content (AvgIpc) is 3.38. The molecule has 1 fully saturated rings. The maximum absolute atomic E-state index is 12.0. The third-order valence-electron chi connectivity index (χ3n) is 6.85. The van der Waals surface area contributed by atoms with Crippen LogP contribution in [-0.4, -0.2) is 89.8 Å². The summed E-state index contributed by atoms with van der Waals surface area (Å²) in [4.78, 5) is 12.0. The molecule has 0 saturated carbocycles. The first-order valence-corrected chi connectivity index (χ1v) is 12.0. The number of carbonyl (C=O) groups excluding carboxylic acids is 1. The zero-order valence-corrected chi connectivity index (χ0v) is 21.3. The van der Waals surface area contributed by atoms with Crippen LogP contribution in [0.1, 0.15) is 28.5 Å². The van der Waals surface area contributed by atoms with E-state index in [4.69, 9.17) is 9.47 Å². The molecular weight excluding hydrogens is 496 g/mol. The second-order valence-electron chi connectivity index (χ2n) is 9.45. The third-order valence-corrected chi connectivity index (χ3v) is 6.85. The van der Waals surface area contributed by atoms with E-state index in [1.54, 1.807) is 44.3 Å². The van der Waals surface area contributed by atoms with Crippen molar-refractivity contribution in [3.05, 3.63) is 65.5 Å². The summed E-state index contributed by atoms with van der Waals surface area (Å²) in [5.74, 6) is -1.86. The smallest absolute Gasteiger partial charge is 0.251 e. The Labute approximate surface area is 219 Å². The van der Waals surface area contributed by atoms with Gasteiger partial charge in [-0.15, -0.1) is 5.10 Å². The number of benzene rings is 2. The van der Waals surface area contributed by atoms with Crippen molar-refractivity contribution in [3.8, 4) is 16.9 Å². The van der Waals surface area contributed by atoms with Gasteiger partial charge in [0.1, 0.15) is 29.8 Å². The summed E-state index contributed by atoms with van der Waals surface area (Å²) >= 11 is 0. The number of carbonyl (C=O) groups is 1. The first-order valence-electron chi connectivity index (χ1n) is 12.0. The third kappa shape index (κ3) is 5.01. The lowest BCUT2D eigenvalue weighted by atomic mass is 9.80. The lowest BCUT2D eigenvalue weighted by Crippen LogP contribution is -2.75. The Morgan fingerprint density at radius 1 is 1.18 bits per heavy atom. The molecule has 4 rings (SSSR count). The second kappa shape index (κ2) is 10.8. The van der Waals surface area contributed by atoms with E-state index < -0.39 is 42.9 Å². The molecule has 1 aliphatic heterocycles. The van der Waals surface area contributed by atoms with Crippen molar-refractivity contribution >= 4 is 5.91 Å². The molecule has 6 N–H and O–H groups in total. The molecule has 5 atom stereocenters. The molecule has 0 radical (unpaired) electrons. The number of hydrogen-bond acceptors (Lipinski definition) is 10. The van der Waals surface area contributed by atoms with E-state index >= 15 is 0 Å². The van der Waals surface area contributed by atoms with Crippen LogP contribution in [-0.2, 0) is 17.9 Å². The van der Waals surface area contributed by atoms with Gasteiger partial charge in [-0.3, -0.25) is 4.79 Å². The van der Waals surface area contributed by atoms with Gasteiger partial charge < -0.3 is 40.3 Å². The van der Waals surface area contributed by atoms with Gasteiger partial charge >= 0.3 is 0 Å². The van der Waals surface area contributed by atoms with Gasteiger partial charge in [-0.05, 0) is 47.9 Å². The minimum atomic E-state index is -2.26. The predicted octanol–water partition coefficient (Wildman–Crippen LogP) is -0.255. The molecule has 0 bridgehead atoms. The highest BCUT2D eigenvalue weighted by molar-refractivity contribution is 5.95. The summed E-state index contributed by atoms with van der Waals surface area (Å²) in [5, 5.41) is 62.5. The standard InChI is InChI=1S/C26H32N4O8/c1-15-9-17(16-5-4-6-18(10-16)24(35)27-3)7-8-20(15)37-25(2)26(36,14-30-11-19(12-31)28-29-30)23(34)22(33)21(13-32)38-25/h4-11,21-23,31-34,36H,12-14H2,1-3H3,(H,27,35)/t21-,22-,23+,25?,26+/m1/s1. The highest BCUT2D eigenvalue weighted by atomic mass is 16.7. The Hall–Kier alpha value is -3.39. The van der Waals surface area contributed by atoms with Crippen LogP contribution in [0.5, 0.6) is 5.75 Å². The van der Waals surface area contributed by atoms with E-state index in [0.29, 0.717) is 16.9 Å². The van der Waals surface area contributed by atoms with Crippen LogP contribution in [0.2, 0.25) is 0 Å². The highest BCUT2D eigenvalue weighted by Gasteiger charge is 2.64. The normalized spacial score (nSPS) is 27.2. The number of ether oxygens (including phenoxy) is 2. The molecule has 12 nitrogen and oxygen atoms in total. The number of aromatic nitrogens is 3. The fourth-order valence-corrected chi connectivity index (χ4v) is 4.58. The van der Waals surface area contributed by atoms with Crippen LogP contribution >= 0.6 is 0 Å². The summed E-state index contributed by atoms with van der Waals surface area (Å²) in [6, 6.07) is 12.4. The fourth-order valence-electron chi connectivity index (χ4n) is 4.58. The molecule has 0 aliphatic carbocycles. The van der Waals surface area contributed by atoms with E-state index in [0.717, 1.165) is 11.1 Å². The number of rotatable bonds is 8. The van der Waals surface area contributed by atoms with E-state index in [9.17, 15) is 30.3 Å². The molecule has 2 aromatic carbocycles. The van der Waals surface area contributed by atoms with Crippen molar-refractivity contribution in [1.29, 1.82) is 0 Å². The van der Waals surface area contributed by atoms with E-state index in [1.807, 2.05) is 12.1 Å². The van der Waals surface area contributed by atoms with Crippen molar-refractivity contribution < 1.29 is 39.8 Å². The number of aliphatic hydroxyl groups excluding tert-OH is 4. The van der Waals surface area contributed by atoms with Crippen molar-refractivity contribution in [3.63, 3.8) is 0 Å². The average molecular weight is 529 g/mol. The van der Waals surface area contributed by atoms with Crippen molar-refractivity contribution in [1.82, 2.24) is 20.3 Å². The van der Waals surface area contributed by atoms with Crippen LogP contribution in [0.3, 0.4) is 0 Å². The molecule has 1 aromatic heterocycles. The van der Waals surface area contributed by atoms with Crippen molar-refractivity contribution in [2.45, 2.75) is 56.7 Å². The number of hydrogen-bond donors (Lipinski definition) is 6. The quantitative estimate of drug-likeness (QED) is 0.228. The van der Waals surface area contributed by atoms with Gasteiger partial charge in [-0.2, -0.15) is 0 Å². The first kappa shape index (κ1) is 27.6. The second-order valence-corrected chi connectivity index (χ2v) is 9.45. The fraction of sp³-hybridized carbons (Fsp3) is 0.423. The Bertz CT molecular complexity index is 1300. The number of amides is 1. The molecule has 0 spiro atoms. The van der Waals surface area contributed by atoms with Gasteiger partial charge in [0.2, 0.25) is 5.79 Å². The highest BCUT2D eigenvalue weighted by Crippen LogP contribution is 2.42. The summed E-state index contributed by atoms with van der Waals surface area (Å²) in [7, 11) is 1.56. The number of nitrogens with zero attached hydrogens (tertiary/aromatic N) is 3. The van der Waals surface area contributed by atoms with Crippen LogP contribution in [0, 0.1) is 6.92 Å². The zero-order chi connectivity index (χ0) is 27.7. The molecule has 38 heavy (non-hydrogen) atoms. The topological polar surface area (TPSA) is 179 Å². The molecule has 1 amide bonds. The Morgan fingerprint density at radius 2 is 1.92 bits per heavy atom. The van der Waals surface area contributed by atoms with Gasteiger partial charge in [0, 0.05) is 19.5 Å². The summed E-state index contributed by atoms with van der Waals surface area (Å²) in [6.45, 7) is 1.76. The van der Waals surface area contributed by atoms with Crippen LogP contribution in [0.25, 0.3) is 11.1 Å². The van der Waals surface area contributed by atoms with Crippen molar-refractivity contribution in [2.75, 3.05) is 13.7 Å². The van der Waals surface area contributed by atoms with Crippen LogP contribution in [0.15, 0.2) is 48.7 Å². The van der Waals surface area contributed by atoms with Gasteiger partial charge in [-0.1, -0.05) is 23.4 Å². The van der Waals surface area contributed by atoms with Gasteiger partial charge in [0.15, 0.2) is 5.60 Å². The van der Waals surface area contributed by atoms with Crippen LogP contribution in [0.4, 0.5) is 0 Å². The molecule has 1 aliphatic rings. The van der Waals surface area contributed by atoms with E-state index in [2.05, 4.69) is 15.6 Å². The van der Waals surface area contributed by atoms with E-state index in [-0.39, 0.29) is 18.2 Å². The lowest BCUT2D eigenvalue weighted by Gasteiger charge is -2.53. The molecule has 3 aromatic rings. The number of aryl methyl sites for hydroxylation is 1. The van der Waals surface area contributed by atoms with Gasteiger partial charge in [0.05, 0.1) is 26.0 Å². The summed E-state index contributed by atoms with van der Waals surface area (Å²) in [5.41, 5.74) is 0.769. The molecular formula is C26H32N4O8. The maximum atomic E-state index is 12.0. The van der Waals surface area contributed by atoms with Gasteiger partial charge in [0.25, 0.3) is 5.91 Å². The molecule has 204 valence electrons. The van der Waals surface area contributed by atoms with Crippen LogP contribution < -0.4 is 10.1 Å². The summed E-state index contributed by atoms with van der Waals surface area (Å²) in [6.07, 6.45) is -3.29. The van der Waals surface area contributed by atoms with Crippen molar-refractivity contribution in [2.24, 2.45) is 0 Å².